The third-order valence-electron chi connectivity index (χ3n) is 2.73. The van der Waals surface area contributed by atoms with Crippen molar-refractivity contribution < 1.29 is 5.11 Å². The molecule has 0 fully saturated rings. The van der Waals surface area contributed by atoms with Gasteiger partial charge in [0.2, 0.25) is 5.65 Å². The van der Waals surface area contributed by atoms with E-state index in [-0.39, 0.29) is 11.1 Å². The fraction of sp³-hybridized carbons (Fsp3) is 0.583. The van der Waals surface area contributed by atoms with E-state index >= 15 is 0 Å². The van der Waals surface area contributed by atoms with Crippen LogP contribution in [0.2, 0.25) is 0 Å². The van der Waals surface area contributed by atoms with E-state index in [2.05, 4.69) is 20.5 Å². The Morgan fingerprint density at radius 3 is 2.79 bits per heavy atom. The first-order chi connectivity index (χ1) is 8.79. The highest BCUT2D eigenvalue weighted by molar-refractivity contribution is 5.62. The molecule has 19 heavy (non-hydrogen) atoms. The minimum absolute atomic E-state index is 0.188. The predicted octanol–water partition coefficient (Wildman–Crippen LogP) is 0.508. The van der Waals surface area contributed by atoms with Crippen molar-refractivity contribution in [2.24, 2.45) is 0 Å². The van der Waals surface area contributed by atoms with Gasteiger partial charge in [-0.3, -0.25) is 0 Å². The number of aliphatic hydroxyl groups excluding tert-OH is 1. The standard InChI is InChI=1S/C12H19N5O2/c1-7(18)5-13-9-10-15-16-11(19)17(10)6-8(14-9)12(2,3)4/h6-7,18H,5H2,1-4H3,(H,13,14)(H,16,19). The minimum atomic E-state index is -0.509. The zero-order valence-corrected chi connectivity index (χ0v) is 11.6. The Labute approximate surface area is 110 Å². The molecular formula is C12H19N5O2. The maximum atomic E-state index is 11.7. The third kappa shape index (κ3) is 2.76. The number of aromatic nitrogens is 4. The van der Waals surface area contributed by atoms with Crippen molar-refractivity contribution in [3.05, 3.63) is 22.4 Å². The highest BCUT2D eigenvalue weighted by atomic mass is 16.3. The number of rotatable bonds is 3. The number of aliphatic hydroxyl groups is 1. The van der Waals surface area contributed by atoms with Crippen LogP contribution in [0, 0.1) is 0 Å². The summed E-state index contributed by atoms with van der Waals surface area (Å²) < 4.78 is 1.43. The number of fused-ring (bicyclic) bond motifs is 1. The van der Waals surface area contributed by atoms with E-state index in [1.165, 1.54) is 4.40 Å². The van der Waals surface area contributed by atoms with Crippen LogP contribution in [-0.2, 0) is 5.41 Å². The number of anilines is 1. The van der Waals surface area contributed by atoms with Crippen molar-refractivity contribution in [1.29, 1.82) is 0 Å². The van der Waals surface area contributed by atoms with Gasteiger partial charge in [-0.25, -0.2) is 19.3 Å². The van der Waals surface area contributed by atoms with Crippen LogP contribution >= 0.6 is 0 Å². The monoisotopic (exact) mass is 265 g/mol. The number of hydrogen-bond donors (Lipinski definition) is 3. The summed E-state index contributed by atoms with van der Waals surface area (Å²) in [5.41, 5.74) is 0.713. The molecule has 1 unspecified atom stereocenters. The molecule has 0 amide bonds. The van der Waals surface area contributed by atoms with E-state index in [1.807, 2.05) is 20.8 Å². The Morgan fingerprint density at radius 1 is 1.53 bits per heavy atom. The second-order valence-electron chi connectivity index (χ2n) is 5.68. The van der Waals surface area contributed by atoms with Crippen molar-refractivity contribution in [2.45, 2.75) is 39.2 Å². The zero-order valence-electron chi connectivity index (χ0n) is 11.6. The van der Waals surface area contributed by atoms with Gasteiger partial charge in [0, 0.05) is 18.2 Å². The summed E-state index contributed by atoms with van der Waals surface area (Å²) in [6.45, 7) is 8.08. The summed E-state index contributed by atoms with van der Waals surface area (Å²) >= 11 is 0. The van der Waals surface area contributed by atoms with Gasteiger partial charge >= 0.3 is 5.69 Å². The van der Waals surface area contributed by atoms with Gasteiger partial charge < -0.3 is 10.4 Å². The first-order valence-electron chi connectivity index (χ1n) is 6.19. The Morgan fingerprint density at radius 2 is 2.21 bits per heavy atom. The smallest absolute Gasteiger partial charge is 0.347 e. The molecule has 0 spiro atoms. The molecule has 0 radical (unpaired) electrons. The molecule has 2 heterocycles. The molecular weight excluding hydrogens is 246 g/mol. The fourth-order valence-electron chi connectivity index (χ4n) is 1.64. The van der Waals surface area contributed by atoms with Crippen molar-refractivity contribution in [3.8, 4) is 0 Å². The molecule has 0 saturated carbocycles. The Balaban J connectivity index is 2.56. The van der Waals surface area contributed by atoms with Crippen molar-refractivity contribution >= 4 is 11.5 Å². The summed E-state index contributed by atoms with van der Waals surface area (Å²) in [5, 5.41) is 18.7. The summed E-state index contributed by atoms with van der Waals surface area (Å²) in [6.07, 6.45) is 1.18. The molecule has 7 nitrogen and oxygen atoms in total. The maximum Gasteiger partial charge on any atom is 0.347 e. The van der Waals surface area contributed by atoms with Gasteiger partial charge in [0.15, 0.2) is 5.82 Å². The Bertz CT molecular complexity index is 636. The van der Waals surface area contributed by atoms with Crippen LogP contribution < -0.4 is 11.0 Å². The lowest BCUT2D eigenvalue weighted by molar-refractivity contribution is 0.208. The predicted molar refractivity (Wildman–Crippen MR) is 72.5 cm³/mol. The van der Waals surface area contributed by atoms with Crippen LogP contribution in [0.15, 0.2) is 11.0 Å². The van der Waals surface area contributed by atoms with Gasteiger partial charge in [0.1, 0.15) is 0 Å². The van der Waals surface area contributed by atoms with Crippen molar-refractivity contribution in [1.82, 2.24) is 19.6 Å². The first-order valence-corrected chi connectivity index (χ1v) is 6.19. The molecule has 0 aromatic carbocycles. The largest absolute Gasteiger partial charge is 0.392 e. The number of nitrogens with one attached hydrogen (secondary N) is 2. The van der Waals surface area contributed by atoms with E-state index in [4.69, 9.17) is 0 Å². The maximum absolute atomic E-state index is 11.7. The number of hydrogen-bond acceptors (Lipinski definition) is 5. The third-order valence-corrected chi connectivity index (χ3v) is 2.73. The van der Waals surface area contributed by atoms with Crippen LogP contribution in [0.4, 0.5) is 5.82 Å². The minimum Gasteiger partial charge on any atom is -0.392 e. The van der Waals surface area contributed by atoms with Crippen LogP contribution in [0.3, 0.4) is 0 Å². The summed E-state index contributed by atoms with van der Waals surface area (Å²) in [5.74, 6) is 0.492. The Hall–Kier alpha value is -1.89. The van der Waals surface area contributed by atoms with Crippen LogP contribution in [0.1, 0.15) is 33.4 Å². The highest BCUT2D eigenvalue weighted by Gasteiger charge is 2.19. The highest BCUT2D eigenvalue weighted by Crippen LogP contribution is 2.22. The second kappa shape index (κ2) is 4.65. The molecule has 0 aliphatic heterocycles. The summed E-state index contributed by atoms with van der Waals surface area (Å²) in [7, 11) is 0. The number of nitrogens with zero attached hydrogens (tertiary/aromatic N) is 3. The fourth-order valence-corrected chi connectivity index (χ4v) is 1.64. The quantitative estimate of drug-likeness (QED) is 0.751. The van der Waals surface area contributed by atoms with E-state index in [0.717, 1.165) is 5.69 Å². The van der Waals surface area contributed by atoms with E-state index < -0.39 is 6.10 Å². The lowest BCUT2D eigenvalue weighted by Gasteiger charge is -2.19. The molecule has 0 bridgehead atoms. The van der Waals surface area contributed by atoms with Gasteiger partial charge in [-0.05, 0) is 6.92 Å². The molecule has 0 aliphatic carbocycles. The van der Waals surface area contributed by atoms with E-state index in [1.54, 1.807) is 13.1 Å². The SMILES string of the molecule is CC(O)CNc1nc(C(C)(C)C)cn2c(=O)[nH]nc12. The molecule has 0 saturated heterocycles. The second-order valence-corrected chi connectivity index (χ2v) is 5.68. The van der Waals surface area contributed by atoms with Crippen LogP contribution in [0.25, 0.3) is 5.65 Å². The molecule has 1 atom stereocenters. The molecule has 2 aromatic heterocycles. The average Bonchev–Trinajstić information content (AvgIpc) is 2.67. The topological polar surface area (TPSA) is 95.3 Å². The number of H-pyrrole nitrogens is 1. The van der Waals surface area contributed by atoms with Crippen molar-refractivity contribution in [3.63, 3.8) is 0 Å². The summed E-state index contributed by atoms with van der Waals surface area (Å²) in [6, 6.07) is 0. The van der Waals surface area contributed by atoms with Gasteiger partial charge in [-0.15, -0.1) is 5.10 Å². The average molecular weight is 265 g/mol. The normalized spacial score (nSPS) is 13.7. The molecule has 7 heteroatoms. The Kier molecular flexibility index (Phi) is 3.32. The van der Waals surface area contributed by atoms with Gasteiger partial charge in [-0.2, -0.15) is 0 Å². The van der Waals surface area contributed by atoms with E-state index in [0.29, 0.717) is 18.0 Å². The van der Waals surface area contributed by atoms with Gasteiger partial charge in [0.05, 0.1) is 11.8 Å². The molecule has 2 rings (SSSR count). The van der Waals surface area contributed by atoms with Crippen LogP contribution in [-0.4, -0.2) is 37.3 Å². The first kappa shape index (κ1) is 13.5. The number of aromatic amines is 1. The molecule has 2 aromatic rings. The molecule has 0 aliphatic rings. The van der Waals surface area contributed by atoms with Crippen molar-refractivity contribution in [2.75, 3.05) is 11.9 Å². The zero-order chi connectivity index (χ0) is 14.2. The lowest BCUT2D eigenvalue weighted by atomic mass is 9.93. The lowest BCUT2D eigenvalue weighted by Crippen LogP contribution is -2.21. The van der Waals surface area contributed by atoms with E-state index in [9.17, 15) is 9.90 Å². The molecule has 3 N–H and O–H groups in total. The van der Waals surface area contributed by atoms with Gasteiger partial charge in [-0.1, -0.05) is 20.8 Å². The molecule has 104 valence electrons. The summed E-state index contributed by atoms with van der Waals surface area (Å²) in [4.78, 5) is 16.2. The van der Waals surface area contributed by atoms with Crippen LogP contribution in [0.5, 0.6) is 0 Å². The van der Waals surface area contributed by atoms with Gasteiger partial charge in [0.25, 0.3) is 0 Å².